The molecule has 0 spiro atoms. The van der Waals surface area contributed by atoms with Crippen LogP contribution in [0.2, 0.25) is 0 Å². The van der Waals surface area contributed by atoms with Crippen molar-refractivity contribution in [3.05, 3.63) is 0 Å². The van der Waals surface area contributed by atoms with Crippen LogP contribution in [0.25, 0.3) is 0 Å². The number of aliphatic hydroxyl groups is 1. The molecule has 0 bridgehead atoms. The van der Waals surface area contributed by atoms with E-state index in [9.17, 15) is 43.2 Å². The number of hydrogen-bond acceptors (Lipinski definition) is 15. The monoisotopic (exact) mass is 1440 g/mol. The van der Waals surface area contributed by atoms with Gasteiger partial charge in [-0.05, 0) is 49.4 Å². The average molecular weight is 1440 g/mol. The summed E-state index contributed by atoms with van der Waals surface area (Å²) in [6.07, 6.45) is 54.4. The highest BCUT2D eigenvalue weighted by molar-refractivity contribution is 7.47. The minimum atomic E-state index is -4.96. The summed E-state index contributed by atoms with van der Waals surface area (Å²) in [5.74, 6) is 0.909. The molecule has 0 aliphatic heterocycles. The fraction of sp³-hybridized carbons (Fsp3) is 0.949. The van der Waals surface area contributed by atoms with Gasteiger partial charge in [-0.15, -0.1) is 0 Å². The summed E-state index contributed by atoms with van der Waals surface area (Å²) in [5, 5.41) is 10.6. The zero-order chi connectivity index (χ0) is 72.4. The lowest BCUT2D eigenvalue weighted by Crippen LogP contribution is -2.30. The molecule has 0 rings (SSSR count). The second-order valence-corrected chi connectivity index (χ2v) is 33.3. The first kappa shape index (κ1) is 96.1. The molecule has 0 saturated heterocycles. The van der Waals surface area contributed by atoms with Crippen LogP contribution in [0.3, 0.4) is 0 Å². The van der Waals surface area contributed by atoms with E-state index >= 15 is 0 Å². The van der Waals surface area contributed by atoms with Crippen molar-refractivity contribution in [2.75, 3.05) is 39.6 Å². The number of carbonyl (C=O) groups excluding carboxylic acids is 4. The Morgan fingerprint density at radius 3 is 0.633 bits per heavy atom. The minimum Gasteiger partial charge on any atom is -0.462 e. The number of aliphatic hydroxyl groups excluding tert-OH is 1. The third-order valence-corrected chi connectivity index (χ3v) is 20.2. The van der Waals surface area contributed by atoms with Crippen LogP contribution in [-0.4, -0.2) is 96.7 Å². The standard InChI is InChI=1S/C79H154O17P2/c1-69(2)55-47-39-31-25-21-17-13-9-11-15-19-23-27-35-45-53-61-78(83)95-74(65-89-76(81)59-51-43-37-29-33-41-49-57-71(5)6)67-93-97(85,86)91-63-73(80)64-92-98(87,88)94-68-75(66-90-77(82)60-52-44-38-30-34-42-50-58-72(7)8)96-79(84)62-54-46-36-28-24-20-16-12-10-14-18-22-26-32-40-48-56-70(3)4/h69-75,80H,9-68H2,1-8H3,(H,85,86)(H,87,88)/t74-,75-/m1/s1. The molecule has 582 valence electrons. The summed E-state index contributed by atoms with van der Waals surface area (Å²) in [4.78, 5) is 72.9. The van der Waals surface area contributed by atoms with Crippen molar-refractivity contribution in [1.82, 2.24) is 0 Å². The normalized spacial score (nSPS) is 14.1. The summed E-state index contributed by atoms with van der Waals surface area (Å²) in [5.41, 5.74) is 0. The molecular weight excluding hydrogens is 1280 g/mol. The van der Waals surface area contributed by atoms with E-state index in [1.54, 1.807) is 0 Å². The Hall–Kier alpha value is -1.94. The van der Waals surface area contributed by atoms with Gasteiger partial charge < -0.3 is 33.8 Å². The third kappa shape index (κ3) is 72.4. The van der Waals surface area contributed by atoms with E-state index in [1.165, 1.54) is 193 Å². The molecule has 0 aromatic carbocycles. The van der Waals surface area contributed by atoms with Crippen LogP contribution in [0, 0.1) is 23.7 Å². The molecule has 0 aromatic rings. The van der Waals surface area contributed by atoms with E-state index in [1.807, 2.05) is 0 Å². The van der Waals surface area contributed by atoms with Crippen LogP contribution < -0.4 is 0 Å². The van der Waals surface area contributed by atoms with Gasteiger partial charge >= 0.3 is 39.5 Å². The van der Waals surface area contributed by atoms with Gasteiger partial charge in [0.15, 0.2) is 12.2 Å². The first-order chi connectivity index (χ1) is 47.1. The Morgan fingerprint density at radius 1 is 0.255 bits per heavy atom. The van der Waals surface area contributed by atoms with Gasteiger partial charge in [0.25, 0.3) is 0 Å². The van der Waals surface area contributed by atoms with E-state index in [-0.39, 0.29) is 25.7 Å². The first-order valence-corrected chi connectivity index (χ1v) is 43.7. The van der Waals surface area contributed by atoms with E-state index in [2.05, 4.69) is 55.4 Å². The van der Waals surface area contributed by atoms with Gasteiger partial charge in [-0.3, -0.25) is 37.3 Å². The second kappa shape index (κ2) is 68.2. The number of rotatable bonds is 76. The topological polar surface area (TPSA) is 237 Å². The SMILES string of the molecule is CC(C)CCCCCCCCCCCCCCCCCCC(=O)O[C@H](COC(=O)CCCCCCCCCC(C)C)COP(=O)(O)OCC(O)COP(=O)(O)OC[C@@H](COC(=O)CCCCCCCCCC(C)C)OC(=O)CCCCCCCCCCCCCCCCCCC(C)C. The van der Waals surface area contributed by atoms with Gasteiger partial charge in [0, 0.05) is 25.7 Å². The first-order valence-electron chi connectivity index (χ1n) is 40.7. The second-order valence-electron chi connectivity index (χ2n) is 30.4. The number of esters is 4. The van der Waals surface area contributed by atoms with Crippen molar-refractivity contribution in [3.8, 4) is 0 Å². The Labute approximate surface area is 600 Å². The van der Waals surface area contributed by atoms with Crippen LogP contribution in [-0.2, 0) is 65.4 Å². The zero-order valence-corrected chi connectivity index (χ0v) is 66.2. The molecule has 3 N–H and O–H groups in total. The third-order valence-electron chi connectivity index (χ3n) is 18.3. The quantitative estimate of drug-likeness (QED) is 0.0222. The van der Waals surface area contributed by atoms with E-state index in [4.69, 9.17) is 37.0 Å². The molecule has 0 aromatic heterocycles. The molecule has 0 fully saturated rings. The summed E-state index contributed by atoms with van der Waals surface area (Å²) in [6, 6.07) is 0. The summed E-state index contributed by atoms with van der Waals surface area (Å²) < 4.78 is 68.6. The lowest BCUT2D eigenvalue weighted by atomic mass is 10.0. The lowest BCUT2D eigenvalue weighted by Gasteiger charge is -2.21. The van der Waals surface area contributed by atoms with Crippen molar-refractivity contribution < 1.29 is 80.2 Å². The molecule has 0 saturated carbocycles. The Kier molecular flexibility index (Phi) is 66.8. The molecule has 4 atom stereocenters. The van der Waals surface area contributed by atoms with Gasteiger partial charge in [-0.25, -0.2) is 9.13 Å². The molecular formula is C79H154O17P2. The number of ether oxygens (including phenoxy) is 4. The molecule has 0 amide bonds. The Balaban J connectivity index is 5.18. The summed E-state index contributed by atoms with van der Waals surface area (Å²) >= 11 is 0. The molecule has 0 aliphatic carbocycles. The molecule has 19 heteroatoms. The fourth-order valence-electron chi connectivity index (χ4n) is 12.1. The molecule has 2 unspecified atom stereocenters. The average Bonchev–Trinajstić information content (AvgIpc) is 0.927. The van der Waals surface area contributed by atoms with Crippen molar-refractivity contribution in [3.63, 3.8) is 0 Å². The van der Waals surface area contributed by atoms with Crippen molar-refractivity contribution >= 4 is 39.5 Å². The largest absolute Gasteiger partial charge is 0.472 e. The maximum Gasteiger partial charge on any atom is 0.472 e. The molecule has 0 radical (unpaired) electrons. The fourth-order valence-corrected chi connectivity index (χ4v) is 13.7. The maximum absolute atomic E-state index is 13.1. The lowest BCUT2D eigenvalue weighted by molar-refractivity contribution is -0.161. The Morgan fingerprint density at radius 2 is 0.429 bits per heavy atom. The smallest absolute Gasteiger partial charge is 0.462 e. The van der Waals surface area contributed by atoms with Crippen LogP contribution in [0.1, 0.15) is 402 Å². The van der Waals surface area contributed by atoms with Crippen LogP contribution in [0.15, 0.2) is 0 Å². The van der Waals surface area contributed by atoms with Gasteiger partial charge in [-0.2, -0.15) is 0 Å². The highest BCUT2D eigenvalue weighted by atomic mass is 31.2. The van der Waals surface area contributed by atoms with Crippen molar-refractivity contribution in [1.29, 1.82) is 0 Å². The number of carbonyl (C=O) groups is 4. The highest BCUT2D eigenvalue weighted by Gasteiger charge is 2.30. The summed E-state index contributed by atoms with van der Waals surface area (Å²) in [7, 11) is -9.92. The summed E-state index contributed by atoms with van der Waals surface area (Å²) in [6.45, 7) is 14.2. The van der Waals surface area contributed by atoms with Gasteiger partial charge in [0.05, 0.1) is 26.4 Å². The molecule has 0 aliphatic rings. The number of hydrogen-bond donors (Lipinski definition) is 3. The molecule has 0 heterocycles. The zero-order valence-electron chi connectivity index (χ0n) is 64.4. The number of phosphoric ester groups is 2. The van der Waals surface area contributed by atoms with Gasteiger partial charge in [0.1, 0.15) is 19.3 Å². The van der Waals surface area contributed by atoms with Crippen LogP contribution >= 0.6 is 15.6 Å². The molecule has 98 heavy (non-hydrogen) atoms. The van der Waals surface area contributed by atoms with E-state index < -0.39 is 97.5 Å². The predicted molar refractivity (Wildman–Crippen MR) is 400 cm³/mol. The van der Waals surface area contributed by atoms with E-state index in [0.717, 1.165) is 115 Å². The number of unbranched alkanes of at least 4 members (excludes halogenated alkanes) is 42. The highest BCUT2D eigenvalue weighted by Crippen LogP contribution is 2.45. The van der Waals surface area contributed by atoms with Crippen molar-refractivity contribution in [2.24, 2.45) is 23.7 Å². The van der Waals surface area contributed by atoms with E-state index in [0.29, 0.717) is 37.5 Å². The maximum atomic E-state index is 13.1. The van der Waals surface area contributed by atoms with Gasteiger partial charge in [0.2, 0.25) is 0 Å². The number of phosphoric acid groups is 2. The van der Waals surface area contributed by atoms with Crippen LogP contribution in [0.5, 0.6) is 0 Å². The predicted octanol–water partition coefficient (Wildman–Crippen LogP) is 23.2. The Bertz CT molecular complexity index is 1790. The van der Waals surface area contributed by atoms with Crippen molar-refractivity contribution in [2.45, 2.75) is 420 Å². The van der Waals surface area contributed by atoms with Gasteiger partial charge in [-0.1, -0.05) is 351 Å². The molecule has 17 nitrogen and oxygen atoms in total. The minimum absolute atomic E-state index is 0.107. The van der Waals surface area contributed by atoms with Crippen LogP contribution in [0.4, 0.5) is 0 Å².